The van der Waals surface area contributed by atoms with E-state index in [2.05, 4.69) is 31.3 Å². The molecule has 0 heterocycles. The third-order valence-electron chi connectivity index (χ3n) is 3.69. The van der Waals surface area contributed by atoms with Crippen molar-refractivity contribution >= 4 is 11.6 Å². The van der Waals surface area contributed by atoms with Crippen LogP contribution < -0.4 is 10.1 Å². The van der Waals surface area contributed by atoms with Crippen LogP contribution in [0.4, 0.5) is 0 Å². The van der Waals surface area contributed by atoms with Crippen molar-refractivity contribution in [2.45, 2.75) is 32.7 Å². The zero-order valence-corrected chi connectivity index (χ0v) is 13.6. The molecule has 112 valence electrons. The highest BCUT2D eigenvalue weighted by Gasteiger charge is 2.07. The second-order valence-electron chi connectivity index (χ2n) is 5.26. The van der Waals surface area contributed by atoms with Crippen LogP contribution in [-0.4, -0.2) is 7.05 Å². The summed E-state index contributed by atoms with van der Waals surface area (Å²) in [6, 6.07) is 14.0. The monoisotopic (exact) mass is 303 g/mol. The van der Waals surface area contributed by atoms with Gasteiger partial charge in [-0.15, -0.1) is 0 Å². The number of hydrogen-bond acceptors (Lipinski definition) is 2. The summed E-state index contributed by atoms with van der Waals surface area (Å²) in [5.74, 6) is 2.21. The van der Waals surface area contributed by atoms with Crippen LogP contribution in [0.25, 0.3) is 0 Å². The van der Waals surface area contributed by atoms with E-state index in [-0.39, 0.29) is 0 Å². The van der Waals surface area contributed by atoms with Crippen molar-refractivity contribution < 1.29 is 4.74 Å². The molecule has 2 aromatic carbocycles. The van der Waals surface area contributed by atoms with Gasteiger partial charge in [-0.1, -0.05) is 43.6 Å². The fourth-order valence-corrected chi connectivity index (χ4v) is 2.35. The van der Waals surface area contributed by atoms with Crippen molar-refractivity contribution in [3.05, 3.63) is 58.6 Å². The van der Waals surface area contributed by atoms with Crippen molar-refractivity contribution in [1.29, 1.82) is 0 Å². The number of halogens is 1. The van der Waals surface area contributed by atoms with E-state index in [0.29, 0.717) is 10.9 Å². The Hall–Kier alpha value is -1.51. The Morgan fingerprint density at radius 3 is 2.48 bits per heavy atom. The van der Waals surface area contributed by atoms with Crippen molar-refractivity contribution in [2.75, 3.05) is 7.05 Å². The van der Waals surface area contributed by atoms with Gasteiger partial charge in [-0.2, -0.15) is 0 Å². The first-order chi connectivity index (χ1) is 10.1. The van der Waals surface area contributed by atoms with Crippen LogP contribution in [0.1, 0.15) is 37.3 Å². The van der Waals surface area contributed by atoms with Crippen LogP contribution in [0.15, 0.2) is 42.5 Å². The molecule has 0 aliphatic rings. The number of benzene rings is 2. The zero-order valence-electron chi connectivity index (χ0n) is 12.8. The predicted octanol–water partition coefficient (Wildman–Crippen LogP) is 5.37. The number of rotatable bonds is 6. The van der Waals surface area contributed by atoms with Crippen LogP contribution in [-0.2, 0) is 6.54 Å². The zero-order chi connectivity index (χ0) is 15.2. The van der Waals surface area contributed by atoms with Crippen LogP contribution in [0.3, 0.4) is 0 Å². The standard InChI is InChI=1S/C18H22ClNO/c1-4-13(2)14-6-9-17(10-7-14)21-18-11-16(19)8-5-15(18)12-20-3/h5-11,13,20H,4,12H2,1-3H3. The normalized spacial score (nSPS) is 12.2. The summed E-state index contributed by atoms with van der Waals surface area (Å²) in [7, 11) is 1.92. The molecule has 3 heteroatoms. The highest BCUT2D eigenvalue weighted by atomic mass is 35.5. The Labute approximate surface area is 132 Å². The number of ether oxygens (including phenoxy) is 1. The lowest BCUT2D eigenvalue weighted by molar-refractivity contribution is 0.474. The lowest BCUT2D eigenvalue weighted by Crippen LogP contribution is -2.06. The van der Waals surface area contributed by atoms with Gasteiger partial charge in [-0.05, 0) is 49.2 Å². The molecular weight excluding hydrogens is 282 g/mol. The molecule has 0 bridgehead atoms. The average Bonchev–Trinajstić information content (AvgIpc) is 2.50. The van der Waals surface area contributed by atoms with Crippen molar-refractivity contribution in [3.8, 4) is 11.5 Å². The smallest absolute Gasteiger partial charge is 0.133 e. The Morgan fingerprint density at radius 2 is 1.86 bits per heavy atom. The summed E-state index contributed by atoms with van der Waals surface area (Å²) in [5, 5.41) is 3.82. The van der Waals surface area contributed by atoms with E-state index in [1.54, 1.807) is 0 Å². The van der Waals surface area contributed by atoms with E-state index in [0.717, 1.165) is 30.0 Å². The van der Waals surface area contributed by atoms with Gasteiger partial charge in [0.25, 0.3) is 0 Å². The fourth-order valence-electron chi connectivity index (χ4n) is 2.19. The minimum absolute atomic E-state index is 0.574. The predicted molar refractivity (Wildman–Crippen MR) is 89.4 cm³/mol. The fraction of sp³-hybridized carbons (Fsp3) is 0.333. The van der Waals surface area contributed by atoms with Gasteiger partial charge in [0.2, 0.25) is 0 Å². The molecule has 2 aromatic rings. The maximum Gasteiger partial charge on any atom is 0.133 e. The van der Waals surface area contributed by atoms with E-state index in [4.69, 9.17) is 16.3 Å². The lowest BCUT2D eigenvalue weighted by Gasteiger charge is -2.13. The summed E-state index contributed by atoms with van der Waals surface area (Å²) in [5.41, 5.74) is 2.43. The first kappa shape index (κ1) is 15.9. The molecule has 2 nitrogen and oxygen atoms in total. The summed E-state index contributed by atoms with van der Waals surface area (Å²) >= 11 is 6.07. The molecule has 1 N–H and O–H groups in total. The number of nitrogens with one attached hydrogen (secondary N) is 1. The molecule has 0 aliphatic carbocycles. The molecule has 2 rings (SSSR count). The molecule has 0 spiro atoms. The van der Waals surface area contributed by atoms with E-state index in [9.17, 15) is 0 Å². The van der Waals surface area contributed by atoms with Gasteiger partial charge in [0.15, 0.2) is 0 Å². The van der Waals surface area contributed by atoms with Crippen molar-refractivity contribution in [2.24, 2.45) is 0 Å². The first-order valence-electron chi connectivity index (χ1n) is 7.35. The van der Waals surface area contributed by atoms with Crippen LogP contribution in [0.5, 0.6) is 11.5 Å². The van der Waals surface area contributed by atoms with E-state index >= 15 is 0 Å². The largest absolute Gasteiger partial charge is 0.457 e. The minimum atomic E-state index is 0.574. The molecule has 0 saturated carbocycles. The summed E-state index contributed by atoms with van der Waals surface area (Å²) < 4.78 is 5.99. The van der Waals surface area contributed by atoms with Crippen LogP contribution in [0.2, 0.25) is 5.02 Å². The van der Waals surface area contributed by atoms with Gasteiger partial charge < -0.3 is 10.1 Å². The summed E-state index contributed by atoms with van der Waals surface area (Å²) in [6.45, 7) is 5.18. The molecule has 0 radical (unpaired) electrons. The minimum Gasteiger partial charge on any atom is -0.457 e. The van der Waals surface area contributed by atoms with Crippen LogP contribution in [0, 0.1) is 0 Å². The van der Waals surface area contributed by atoms with Gasteiger partial charge in [0.1, 0.15) is 11.5 Å². The molecule has 0 saturated heterocycles. The van der Waals surface area contributed by atoms with E-state index < -0.39 is 0 Å². The molecule has 0 aromatic heterocycles. The molecule has 1 atom stereocenters. The lowest BCUT2D eigenvalue weighted by atomic mass is 9.99. The van der Waals surface area contributed by atoms with E-state index in [1.807, 2.05) is 37.4 Å². The molecule has 0 fully saturated rings. The van der Waals surface area contributed by atoms with Gasteiger partial charge in [0, 0.05) is 17.1 Å². The Balaban J connectivity index is 2.19. The Morgan fingerprint density at radius 1 is 1.14 bits per heavy atom. The summed E-state index contributed by atoms with van der Waals surface area (Å²) in [4.78, 5) is 0. The summed E-state index contributed by atoms with van der Waals surface area (Å²) in [6.07, 6.45) is 1.14. The Kier molecular flexibility index (Phi) is 5.66. The quantitative estimate of drug-likeness (QED) is 0.775. The topological polar surface area (TPSA) is 21.3 Å². The van der Waals surface area contributed by atoms with Crippen molar-refractivity contribution in [1.82, 2.24) is 5.32 Å². The van der Waals surface area contributed by atoms with Gasteiger partial charge >= 0.3 is 0 Å². The Bertz CT molecular complexity index is 580. The highest BCUT2D eigenvalue weighted by molar-refractivity contribution is 6.30. The highest BCUT2D eigenvalue weighted by Crippen LogP contribution is 2.29. The van der Waals surface area contributed by atoms with Gasteiger partial charge in [0.05, 0.1) is 0 Å². The van der Waals surface area contributed by atoms with Gasteiger partial charge in [-0.25, -0.2) is 0 Å². The van der Waals surface area contributed by atoms with Crippen molar-refractivity contribution in [3.63, 3.8) is 0 Å². The molecule has 21 heavy (non-hydrogen) atoms. The third-order valence-corrected chi connectivity index (χ3v) is 3.92. The first-order valence-corrected chi connectivity index (χ1v) is 7.72. The second-order valence-corrected chi connectivity index (χ2v) is 5.70. The number of hydrogen-bond donors (Lipinski definition) is 1. The maximum atomic E-state index is 6.07. The second kappa shape index (κ2) is 7.48. The van der Waals surface area contributed by atoms with Gasteiger partial charge in [-0.3, -0.25) is 0 Å². The molecule has 0 amide bonds. The molecule has 0 aliphatic heterocycles. The van der Waals surface area contributed by atoms with Crippen LogP contribution >= 0.6 is 11.6 Å². The maximum absolute atomic E-state index is 6.07. The average molecular weight is 304 g/mol. The van der Waals surface area contributed by atoms with E-state index in [1.165, 1.54) is 5.56 Å². The molecule has 1 unspecified atom stereocenters. The molecular formula is C18H22ClNO. The SMILES string of the molecule is CCC(C)c1ccc(Oc2cc(Cl)ccc2CNC)cc1. The third kappa shape index (κ3) is 4.23.